The van der Waals surface area contributed by atoms with Gasteiger partial charge < -0.3 is 36.5 Å². The first-order valence-electron chi connectivity index (χ1n) is 15.4. The van der Waals surface area contributed by atoms with Crippen LogP contribution < -0.4 is 27.0 Å². The first-order valence-corrected chi connectivity index (χ1v) is 15.4. The molecule has 14 heteroatoms. The van der Waals surface area contributed by atoms with Gasteiger partial charge in [-0.2, -0.15) is 0 Å². The Morgan fingerprint density at radius 1 is 1.02 bits per heavy atom. The van der Waals surface area contributed by atoms with Gasteiger partial charge in [-0.15, -0.1) is 0 Å². The molecule has 0 saturated carbocycles. The molecule has 3 aromatic rings. The third kappa shape index (κ3) is 9.20. The second-order valence-electron chi connectivity index (χ2n) is 11.6. The molecule has 2 aliphatic heterocycles. The molecule has 3 heterocycles. The quantitative estimate of drug-likeness (QED) is 0.188. The normalized spacial score (nSPS) is 20.0. The molecule has 0 unspecified atom stereocenters. The molecule has 4 atom stereocenters. The summed E-state index contributed by atoms with van der Waals surface area (Å²) in [6.07, 6.45) is 3.38. The lowest BCUT2D eigenvalue weighted by Crippen LogP contribution is -2.49. The summed E-state index contributed by atoms with van der Waals surface area (Å²) in [7, 11) is 0. The van der Waals surface area contributed by atoms with Gasteiger partial charge in [-0.1, -0.05) is 24.3 Å². The SMILES string of the molecule is NC(=O)[C@@H](Nc1cncc(F)c1CC[C@@H]1CN[C@H](COC(=O)NC[C@@H]2CCC(=O)N2)CO1)C(c1ccc(F)cc1)c1ccc(F)cc1. The topological polar surface area (TPSA) is 157 Å². The van der Waals surface area contributed by atoms with Crippen molar-refractivity contribution in [1.29, 1.82) is 0 Å². The van der Waals surface area contributed by atoms with E-state index in [1.807, 2.05) is 0 Å². The molecule has 250 valence electrons. The Hall–Kier alpha value is -4.69. The van der Waals surface area contributed by atoms with Crippen LogP contribution >= 0.6 is 0 Å². The van der Waals surface area contributed by atoms with Crippen LogP contribution in [0.2, 0.25) is 0 Å². The standard InChI is InChI=1S/C33H37F3N6O5/c34-21-5-1-19(2-6-21)30(20-3-7-22(35)8-4-20)31(32(37)44)42-28-16-38-15-27(36)26(28)11-10-25-14-39-24(17-46-25)18-47-33(45)40-13-23-9-12-29(43)41-23/h1-8,15-16,23-25,30-31,39,42H,9-14,17-18H2,(H2,37,44)(H,40,45)(H,41,43)/t23-,24-,25+,31-/m0/s1. The number of amides is 3. The number of anilines is 1. The number of primary amides is 1. The van der Waals surface area contributed by atoms with Crippen molar-refractivity contribution in [3.05, 3.63) is 95.1 Å². The van der Waals surface area contributed by atoms with Gasteiger partial charge in [-0.05, 0) is 54.7 Å². The third-order valence-electron chi connectivity index (χ3n) is 8.29. The number of halogens is 3. The fourth-order valence-electron chi connectivity index (χ4n) is 5.77. The summed E-state index contributed by atoms with van der Waals surface area (Å²) in [5.41, 5.74) is 7.47. The van der Waals surface area contributed by atoms with Crippen LogP contribution in [0.4, 0.5) is 23.7 Å². The lowest BCUT2D eigenvalue weighted by Gasteiger charge is -2.31. The minimum absolute atomic E-state index is 0.0327. The predicted molar refractivity (Wildman–Crippen MR) is 166 cm³/mol. The number of hydrogen-bond acceptors (Lipinski definition) is 8. The molecule has 2 fully saturated rings. The molecule has 47 heavy (non-hydrogen) atoms. The summed E-state index contributed by atoms with van der Waals surface area (Å²) in [6, 6.07) is 9.61. The average Bonchev–Trinajstić information content (AvgIpc) is 3.49. The third-order valence-corrected chi connectivity index (χ3v) is 8.29. The number of nitrogens with zero attached hydrogens (tertiary/aromatic N) is 1. The number of rotatable bonds is 13. The summed E-state index contributed by atoms with van der Waals surface area (Å²) in [5.74, 6) is -3.08. The van der Waals surface area contributed by atoms with Gasteiger partial charge in [0.1, 0.15) is 30.1 Å². The number of nitrogens with two attached hydrogens (primary N) is 1. The molecule has 11 nitrogen and oxygen atoms in total. The highest BCUT2D eigenvalue weighted by Crippen LogP contribution is 2.32. The number of carbonyl (C=O) groups is 3. The van der Waals surface area contributed by atoms with E-state index in [0.717, 1.165) is 6.20 Å². The molecule has 2 saturated heterocycles. The fraction of sp³-hybridized carbons (Fsp3) is 0.394. The second kappa shape index (κ2) is 15.7. The van der Waals surface area contributed by atoms with Crippen molar-refractivity contribution in [2.24, 2.45) is 5.73 Å². The molecule has 5 rings (SSSR count). The van der Waals surface area contributed by atoms with Crippen molar-refractivity contribution in [2.45, 2.75) is 55.8 Å². The van der Waals surface area contributed by atoms with E-state index in [-0.39, 0.29) is 55.0 Å². The first-order chi connectivity index (χ1) is 22.7. The van der Waals surface area contributed by atoms with Crippen LogP contribution in [0.15, 0.2) is 60.9 Å². The summed E-state index contributed by atoms with van der Waals surface area (Å²) in [4.78, 5) is 40.2. The Bertz CT molecular complexity index is 1490. The van der Waals surface area contributed by atoms with Crippen LogP contribution in [-0.2, 0) is 25.5 Å². The fourth-order valence-corrected chi connectivity index (χ4v) is 5.77. The monoisotopic (exact) mass is 654 g/mol. The van der Waals surface area contributed by atoms with E-state index in [0.29, 0.717) is 43.5 Å². The van der Waals surface area contributed by atoms with Crippen LogP contribution in [-0.4, -0.2) is 73.4 Å². The van der Waals surface area contributed by atoms with Gasteiger partial charge in [-0.3, -0.25) is 14.6 Å². The number of hydrogen-bond donors (Lipinski definition) is 5. The predicted octanol–water partition coefficient (Wildman–Crippen LogP) is 2.89. The number of alkyl carbamates (subject to hydrolysis) is 1. The van der Waals surface area contributed by atoms with E-state index in [1.165, 1.54) is 54.7 Å². The molecule has 1 aromatic heterocycles. The smallest absolute Gasteiger partial charge is 0.407 e. The zero-order valence-corrected chi connectivity index (χ0v) is 25.5. The highest BCUT2D eigenvalue weighted by Gasteiger charge is 2.31. The highest BCUT2D eigenvalue weighted by molar-refractivity contribution is 5.85. The van der Waals surface area contributed by atoms with E-state index < -0.39 is 41.4 Å². The summed E-state index contributed by atoms with van der Waals surface area (Å²) >= 11 is 0. The Kier molecular flexibility index (Phi) is 11.3. The maximum absolute atomic E-state index is 15.2. The van der Waals surface area contributed by atoms with Crippen LogP contribution in [0.5, 0.6) is 0 Å². The van der Waals surface area contributed by atoms with Crippen molar-refractivity contribution >= 4 is 23.6 Å². The number of carbonyl (C=O) groups excluding carboxylic acids is 3. The minimum Gasteiger partial charge on any atom is -0.448 e. The van der Waals surface area contributed by atoms with Gasteiger partial charge >= 0.3 is 6.09 Å². The van der Waals surface area contributed by atoms with Gasteiger partial charge in [0.25, 0.3) is 0 Å². The van der Waals surface area contributed by atoms with Crippen molar-refractivity contribution in [3.63, 3.8) is 0 Å². The molecule has 2 aromatic carbocycles. The van der Waals surface area contributed by atoms with Gasteiger partial charge in [-0.25, -0.2) is 18.0 Å². The maximum Gasteiger partial charge on any atom is 0.407 e. The number of morpholine rings is 1. The van der Waals surface area contributed by atoms with Gasteiger partial charge in [0.05, 0.1) is 36.8 Å². The van der Waals surface area contributed by atoms with E-state index in [1.54, 1.807) is 0 Å². The molecular formula is C33H37F3N6O5. The van der Waals surface area contributed by atoms with Crippen LogP contribution in [0.25, 0.3) is 0 Å². The first kappa shape index (κ1) is 33.7. The lowest BCUT2D eigenvalue weighted by molar-refractivity contribution is -0.120. The van der Waals surface area contributed by atoms with Crippen molar-refractivity contribution < 1.29 is 37.0 Å². The molecule has 0 radical (unpaired) electrons. The Balaban J connectivity index is 1.19. The van der Waals surface area contributed by atoms with Crippen molar-refractivity contribution in [1.82, 2.24) is 20.9 Å². The van der Waals surface area contributed by atoms with Gasteiger partial charge in [0, 0.05) is 37.0 Å². The van der Waals surface area contributed by atoms with Gasteiger partial charge in [0.2, 0.25) is 11.8 Å². The molecule has 2 aliphatic rings. The van der Waals surface area contributed by atoms with Crippen LogP contribution in [0, 0.1) is 17.5 Å². The minimum atomic E-state index is -1.13. The summed E-state index contributed by atoms with van der Waals surface area (Å²) < 4.78 is 53.9. The second-order valence-corrected chi connectivity index (χ2v) is 11.6. The molecule has 6 N–H and O–H groups in total. The zero-order valence-electron chi connectivity index (χ0n) is 25.5. The Labute approximate surface area is 269 Å². The van der Waals surface area contributed by atoms with E-state index in [9.17, 15) is 23.2 Å². The van der Waals surface area contributed by atoms with E-state index in [2.05, 4.69) is 26.3 Å². The Morgan fingerprint density at radius 2 is 1.70 bits per heavy atom. The number of pyridine rings is 1. The van der Waals surface area contributed by atoms with E-state index >= 15 is 4.39 Å². The van der Waals surface area contributed by atoms with E-state index in [4.69, 9.17) is 15.2 Å². The van der Waals surface area contributed by atoms with Crippen molar-refractivity contribution in [2.75, 3.05) is 31.6 Å². The molecular weight excluding hydrogens is 617 g/mol. The number of ether oxygens (including phenoxy) is 2. The number of benzene rings is 2. The number of nitrogens with one attached hydrogen (secondary N) is 4. The van der Waals surface area contributed by atoms with Crippen LogP contribution in [0.3, 0.4) is 0 Å². The Morgan fingerprint density at radius 3 is 2.28 bits per heavy atom. The zero-order chi connectivity index (χ0) is 33.3. The molecule has 0 aliphatic carbocycles. The van der Waals surface area contributed by atoms with Crippen LogP contribution in [0.1, 0.15) is 41.9 Å². The maximum atomic E-state index is 15.2. The lowest BCUT2D eigenvalue weighted by atomic mass is 9.84. The molecule has 0 bridgehead atoms. The summed E-state index contributed by atoms with van der Waals surface area (Å²) in [5, 5.41) is 11.8. The largest absolute Gasteiger partial charge is 0.448 e. The highest BCUT2D eigenvalue weighted by atomic mass is 19.1. The van der Waals surface area contributed by atoms with Gasteiger partial charge in [0.15, 0.2) is 0 Å². The average molecular weight is 655 g/mol. The summed E-state index contributed by atoms with van der Waals surface area (Å²) in [6.45, 7) is 1.07. The molecule has 0 spiro atoms. The van der Waals surface area contributed by atoms with Crippen molar-refractivity contribution in [3.8, 4) is 0 Å². The molecule has 3 amide bonds. The number of aromatic nitrogens is 1.